The average molecular weight is 314 g/mol. The summed E-state index contributed by atoms with van der Waals surface area (Å²) in [6.07, 6.45) is 6.59. The monoisotopic (exact) mass is 314 g/mol. The number of ether oxygens (including phenoxy) is 2. The lowest BCUT2D eigenvalue weighted by molar-refractivity contribution is -0.0540. The van der Waals surface area contributed by atoms with Crippen LogP contribution >= 0.6 is 0 Å². The number of hydrogen-bond acceptors (Lipinski definition) is 6. The van der Waals surface area contributed by atoms with E-state index in [0.29, 0.717) is 6.61 Å². The molecule has 22 heavy (non-hydrogen) atoms. The molecule has 0 bridgehead atoms. The third-order valence-electron chi connectivity index (χ3n) is 2.92. The van der Waals surface area contributed by atoms with E-state index in [9.17, 15) is 9.59 Å². The van der Waals surface area contributed by atoms with Crippen molar-refractivity contribution in [2.75, 3.05) is 6.61 Å². The predicted octanol–water partition coefficient (Wildman–Crippen LogP) is 4.35. The van der Waals surface area contributed by atoms with Crippen LogP contribution in [0.3, 0.4) is 0 Å². The molecule has 1 aromatic rings. The lowest BCUT2D eigenvalue weighted by atomic mass is 10.1. The Balaban J connectivity index is 2.29. The Bertz CT molecular complexity index is 463. The third-order valence-corrected chi connectivity index (χ3v) is 2.92. The van der Waals surface area contributed by atoms with Crippen molar-refractivity contribution in [3.8, 4) is 0 Å². The first-order chi connectivity index (χ1) is 10.3. The first-order valence-corrected chi connectivity index (χ1v) is 7.84. The van der Waals surface area contributed by atoms with Crippen molar-refractivity contribution in [3.63, 3.8) is 0 Å². The zero-order valence-electron chi connectivity index (χ0n) is 13.9. The first kappa shape index (κ1) is 18.3. The van der Waals surface area contributed by atoms with Crippen LogP contribution in [-0.2, 0) is 9.47 Å². The molecule has 0 spiro atoms. The molecule has 0 radical (unpaired) electrons. The van der Waals surface area contributed by atoms with Crippen molar-refractivity contribution in [1.82, 2.24) is 0 Å². The lowest BCUT2D eigenvalue weighted by Gasteiger charge is -2.19. The highest BCUT2D eigenvalue weighted by atomic mass is 17.0. The normalized spacial score (nSPS) is 11.5. The Morgan fingerprint density at radius 1 is 0.909 bits per heavy atom. The topological polar surface area (TPSA) is 78.9 Å². The summed E-state index contributed by atoms with van der Waals surface area (Å²) in [5, 5.41) is 0. The summed E-state index contributed by atoms with van der Waals surface area (Å²) in [6.45, 7) is 7.64. The minimum absolute atomic E-state index is 0.222. The van der Waals surface area contributed by atoms with E-state index in [-0.39, 0.29) is 11.5 Å². The molecule has 0 atom stereocenters. The molecule has 0 amide bonds. The summed E-state index contributed by atoms with van der Waals surface area (Å²) in [5.74, 6) is -1.88. The Hall–Kier alpha value is -1.72. The Labute approximate surface area is 131 Å². The van der Waals surface area contributed by atoms with Gasteiger partial charge in [-0.15, -0.1) is 0 Å². The van der Waals surface area contributed by atoms with Crippen molar-refractivity contribution < 1.29 is 28.2 Å². The van der Waals surface area contributed by atoms with Gasteiger partial charge in [0.2, 0.25) is 0 Å². The van der Waals surface area contributed by atoms with Crippen LogP contribution in [0, 0.1) is 0 Å². The van der Waals surface area contributed by atoms with Gasteiger partial charge in [0, 0.05) is 0 Å². The van der Waals surface area contributed by atoms with Crippen LogP contribution in [0.2, 0.25) is 0 Å². The number of rotatable bonds is 9. The number of hydrogen-bond donors (Lipinski definition) is 0. The molecule has 1 heterocycles. The second kappa shape index (κ2) is 8.66. The van der Waals surface area contributed by atoms with Crippen LogP contribution in [0.25, 0.3) is 0 Å². The predicted molar refractivity (Wildman–Crippen MR) is 79.8 cm³/mol. The highest BCUT2D eigenvalue weighted by Gasteiger charge is 2.33. The maximum absolute atomic E-state index is 11.7. The summed E-state index contributed by atoms with van der Waals surface area (Å²) in [7, 11) is 0. The summed E-state index contributed by atoms with van der Waals surface area (Å²) in [4.78, 5) is 23.5. The molecule has 1 rings (SSSR count). The van der Waals surface area contributed by atoms with Crippen LogP contribution in [0.1, 0.15) is 87.3 Å². The number of esters is 2. The van der Waals surface area contributed by atoms with E-state index < -0.39 is 17.5 Å². The number of carbonyl (C=O) groups excluding carboxylic acids is 2. The summed E-state index contributed by atoms with van der Waals surface area (Å²) in [6, 6.07) is 0. The van der Waals surface area contributed by atoms with Gasteiger partial charge in [0.05, 0.1) is 6.61 Å². The van der Waals surface area contributed by atoms with Gasteiger partial charge < -0.3 is 9.47 Å². The SMILES string of the molecule is CCCCCCCCOC(=O)c1ooc1C(=O)OC(C)(C)C. The van der Waals surface area contributed by atoms with Crippen molar-refractivity contribution >= 4 is 11.9 Å². The molecular weight excluding hydrogens is 288 g/mol. The van der Waals surface area contributed by atoms with Crippen molar-refractivity contribution in [2.45, 2.75) is 71.8 Å². The van der Waals surface area contributed by atoms with Crippen LogP contribution in [-0.4, -0.2) is 24.1 Å². The number of unbranched alkanes of at least 4 members (excludes halogenated alkanes) is 5. The summed E-state index contributed by atoms with van der Waals surface area (Å²) >= 11 is 0. The van der Waals surface area contributed by atoms with Crippen molar-refractivity contribution in [2.24, 2.45) is 0 Å². The first-order valence-electron chi connectivity index (χ1n) is 7.84. The maximum atomic E-state index is 11.7. The Morgan fingerprint density at radius 2 is 1.45 bits per heavy atom. The third kappa shape index (κ3) is 6.37. The van der Waals surface area contributed by atoms with Crippen LogP contribution in [0.15, 0.2) is 9.15 Å². The minimum atomic E-state index is -0.731. The maximum Gasteiger partial charge on any atom is 0.384 e. The fourth-order valence-electron chi connectivity index (χ4n) is 1.82. The van der Waals surface area contributed by atoms with E-state index in [0.717, 1.165) is 19.3 Å². The summed E-state index contributed by atoms with van der Waals surface area (Å²) in [5.41, 5.74) is -0.670. The quantitative estimate of drug-likeness (QED) is 0.383. The molecule has 0 saturated heterocycles. The molecule has 0 fully saturated rings. The molecule has 0 aliphatic rings. The lowest BCUT2D eigenvalue weighted by Crippen LogP contribution is -2.26. The molecule has 0 aliphatic carbocycles. The molecule has 0 N–H and O–H groups in total. The van der Waals surface area contributed by atoms with Gasteiger partial charge >= 0.3 is 23.5 Å². The average Bonchev–Trinajstić information content (AvgIpc) is 2.34. The fraction of sp³-hybridized carbons (Fsp3) is 0.750. The van der Waals surface area contributed by atoms with E-state index in [1.54, 1.807) is 20.8 Å². The highest BCUT2D eigenvalue weighted by Crippen LogP contribution is 2.19. The van der Waals surface area contributed by atoms with Gasteiger partial charge in [0.25, 0.3) is 0 Å². The molecule has 6 nitrogen and oxygen atoms in total. The van der Waals surface area contributed by atoms with E-state index in [4.69, 9.17) is 9.47 Å². The fourth-order valence-corrected chi connectivity index (χ4v) is 1.82. The van der Waals surface area contributed by atoms with Crippen LogP contribution in [0.4, 0.5) is 0 Å². The van der Waals surface area contributed by atoms with Crippen LogP contribution < -0.4 is 0 Å². The van der Waals surface area contributed by atoms with Crippen molar-refractivity contribution in [1.29, 1.82) is 0 Å². The molecule has 1 aromatic heterocycles. The molecule has 0 aromatic carbocycles. The van der Waals surface area contributed by atoms with Gasteiger partial charge in [-0.2, -0.15) is 0 Å². The standard InChI is InChI=1S/C16H26O6/c1-5-6-7-8-9-10-11-19-14(17)12-13(22-21-12)15(18)20-16(2,3)4/h5-11H2,1-4H3. The largest absolute Gasteiger partial charge is 0.460 e. The molecule has 0 unspecified atom stereocenters. The zero-order chi connectivity index (χ0) is 16.6. The number of carbonyl (C=O) groups is 2. The van der Waals surface area contributed by atoms with Crippen molar-refractivity contribution in [3.05, 3.63) is 11.5 Å². The van der Waals surface area contributed by atoms with Crippen LogP contribution in [0.5, 0.6) is 0 Å². The summed E-state index contributed by atoms with van der Waals surface area (Å²) < 4.78 is 19.2. The molecular formula is C16H26O6. The molecule has 0 saturated carbocycles. The zero-order valence-corrected chi connectivity index (χ0v) is 13.9. The van der Waals surface area contributed by atoms with Gasteiger partial charge in [-0.3, -0.25) is 9.15 Å². The molecule has 126 valence electrons. The highest BCUT2D eigenvalue weighted by molar-refractivity contribution is 5.99. The minimum Gasteiger partial charge on any atom is -0.460 e. The molecule has 0 aliphatic heterocycles. The second-order valence-corrected chi connectivity index (χ2v) is 6.23. The van der Waals surface area contributed by atoms with E-state index in [2.05, 4.69) is 16.1 Å². The smallest absolute Gasteiger partial charge is 0.384 e. The van der Waals surface area contributed by atoms with E-state index in [1.807, 2.05) is 0 Å². The van der Waals surface area contributed by atoms with Gasteiger partial charge in [-0.25, -0.2) is 9.59 Å². The second-order valence-electron chi connectivity index (χ2n) is 6.23. The van der Waals surface area contributed by atoms with Gasteiger partial charge in [-0.1, -0.05) is 39.0 Å². The Morgan fingerprint density at radius 3 is 2.00 bits per heavy atom. The Kier molecular flexibility index (Phi) is 7.21. The van der Waals surface area contributed by atoms with Gasteiger partial charge in [0.15, 0.2) is 0 Å². The molecule has 6 heteroatoms. The van der Waals surface area contributed by atoms with Gasteiger partial charge in [0.1, 0.15) is 5.60 Å². The van der Waals surface area contributed by atoms with E-state index >= 15 is 0 Å². The van der Waals surface area contributed by atoms with Gasteiger partial charge in [-0.05, 0) is 27.2 Å². The van der Waals surface area contributed by atoms with E-state index in [1.165, 1.54) is 19.3 Å².